The molecule has 1 heterocycles. The van der Waals surface area contributed by atoms with Gasteiger partial charge in [-0.1, -0.05) is 23.7 Å². The molecule has 1 aromatic carbocycles. The number of guanidine groups is 1. The molecule has 1 aliphatic rings. The molecular formula is C16H25ClN4. The number of nitrogens with one attached hydrogen (secondary N) is 1. The van der Waals surface area contributed by atoms with E-state index in [-0.39, 0.29) is 6.04 Å². The molecule has 1 unspecified atom stereocenters. The van der Waals surface area contributed by atoms with Crippen molar-refractivity contribution >= 4 is 17.6 Å². The SMILES string of the molecule is CC(C)NC(N)=NCC(c1cccc(Cl)c1)N1CCCC1. The summed E-state index contributed by atoms with van der Waals surface area (Å²) >= 11 is 6.14. The molecule has 0 aromatic heterocycles. The topological polar surface area (TPSA) is 53.6 Å². The van der Waals surface area contributed by atoms with Crippen LogP contribution in [0.1, 0.15) is 38.3 Å². The quantitative estimate of drug-likeness (QED) is 0.649. The maximum absolute atomic E-state index is 6.14. The summed E-state index contributed by atoms with van der Waals surface area (Å²) in [6, 6.07) is 8.61. The fourth-order valence-corrected chi connectivity index (χ4v) is 2.92. The summed E-state index contributed by atoms with van der Waals surface area (Å²) in [6.45, 7) is 6.99. The van der Waals surface area contributed by atoms with Gasteiger partial charge in [-0.3, -0.25) is 9.89 Å². The first-order chi connectivity index (χ1) is 10.1. The Labute approximate surface area is 132 Å². The summed E-state index contributed by atoms with van der Waals surface area (Å²) in [5.41, 5.74) is 7.14. The van der Waals surface area contributed by atoms with Crippen LogP contribution in [0.4, 0.5) is 0 Å². The van der Waals surface area contributed by atoms with Gasteiger partial charge in [0.15, 0.2) is 5.96 Å². The van der Waals surface area contributed by atoms with Crippen molar-refractivity contribution < 1.29 is 0 Å². The normalized spacial score (nSPS) is 18.2. The Bertz CT molecular complexity index is 481. The number of likely N-dealkylation sites (tertiary alicyclic amines) is 1. The van der Waals surface area contributed by atoms with E-state index in [2.05, 4.69) is 35.1 Å². The Kier molecular flexibility index (Phi) is 5.88. The lowest BCUT2D eigenvalue weighted by molar-refractivity contribution is 0.251. The zero-order valence-electron chi connectivity index (χ0n) is 12.8. The lowest BCUT2D eigenvalue weighted by atomic mass is 10.1. The number of hydrogen-bond donors (Lipinski definition) is 2. The predicted molar refractivity (Wildman–Crippen MR) is 89.8 cm³/mol. The van der Waals surface area contributed by atoms with E-state index in [0.29, 0.717) is 18.5 Å². The summed E-state index contributed by atoms with van der Waals surface area (Å²) in [6.07, 6.45) is 2.50. The molecule has 1 atom stereocenters. The first kappa shape index (κ1) is 16.1. The van der Waals surface area contributed by atoms with Gasteiger partial charge in [0.1, 0.15) is 0 Å². The van der Waals surface area contributed by atoms with E-state index in [1.54, 1.807) is 0 Å². The van der Waals surface area contributed by atoms with Gasteiger partial charge in [-0.05, 0) is 57.5 Å². The molecule has 5 heteroatoms. The third-order valence-electron chi connectivity index (χ3n) is 3.69. The lowest BCUT2D eigenvalue weighted by Gasteiger charge is -2.27. The van der Waals surface area contributed by atoms with Crippen LogP contribution in [0.25, 0.3) is 0 Å². The minimum Gasteiger partial charge on any atom is -0.370 e. The number of halogens is 1. The van der Waals surface area contributed by atoms with Crippen molar-refractivity contribution in [3.8, 4) is 0 Å². The van der Waals surface area contributed by atoms with Crippen molar-refractivity contribution in [1.82, 2.24) is 10.2 Å². The van der Waals surface area contributed by atoms with Crippen LogP contribution >= 0.6 is 11.6 Å². The van der Waals surface area contributed by atoms with Crippen molar-refractivity contribution in [2.24, 2.45) is 10.7 Å². The average molecular weight is 309 g/mol. The molecule has 2 rings (SSSR count). The van der Waals surface area contributed by atoms with E-state index >= 15 is 0 Å². The largest absolute Gasteiger partial charge is 0.370 e. The van der Waals surface area contributed by atoms with Gasteiger partial charge in [0.2, 0.25) is 0 Å². The average Bonchev–Trinajstić information content (AvgIpc) is 2.92. The van der Waals surface area contributed by atoms with E-state index in [0.717, 1.165) is 18.1 Å². The summed E-state index contributed by atoms with van der Waals surface area (Å²) in [5, 5.41) is 3.91. The number of aliphatic imine (C=N–C) groups is 1. The van der Waals surface area contributed by atoms with Crippen LogP contribution in [0, 0.1) is 0 Å². The predicted octanol–water partition coefficient (Wildman–Crippen LogP) is 2.79. The van der Waals surface area contributed by atoms with Crippen LogP contribution in [0.3, 0.4) is 0 Å². The number of rotatable bonds is 5. The second-order valence-electron chi connectivity index (χ2n) is 5.84. The zero-order valence-corrected chi connectivity index (χ0v) is 13.6. The highest BCUT2D eigenvalue weighted by molar-refractivity contribution is 6.30. The van der Waals surface area contributed by atoms with Crippen LogP contribution in [0.15, 0.2) is 29.3 Å². The standard InChI is InChI=1S/C16H25ClN4/c1-12(2)20-16(18)19-11-15(21-8-3-4-9-21)13-6-5-7-14(17)10-13/h5-7,10,12,15H,3-4,8-9,11H2,1-2H3,(H3,18,19,20). The molecule has 4 nitrogen and oxygen atoms in total. The molecule has 3 N–H and O–H groups in total. The number of hydrogen-bond acceptors (Lipinski definition) is 2. The highest BCUT2D eigenvalue weighted by atomic mass is 35.5. The minimum atomic E-state index is 0.249. The van der Waals surface area contributed by atoms with Gasteiger partial charge in [-0.15, -0.1) is 0 Å². The van der Waals surface area contributed by atoms with Crippen molar-refractivity contribution in [2.75, 3.05) is 19.6 Å². The molecule has 1 fully saturated rings. The summed E-state index contributed by atoms with van der Waals surface area (Å²) in [5.74, 6) is 0.510. The lowest BCUT2D eigenvalue weighted by Crippen LogP contribution is -2.37. The maximum Gasteiger partial charge on any atom is 0.188 e. The molecule has 0 radical (unpaired) electrons. The molecule has 0 spiro atoms. The van der Waals surface area contributed by atoms with Gasteiger partial charge in [-0.2, -0.15) is 0 Å². The number of benzene rings is 1. The second-order valence-corrected chi connectivity index (χ2v) is 6.28. The van der Waals surface area contributed by atoms with Crippen molar-refractivity contribution in [3.63, 3.8) is 0 Å². The highest BCUT2D eigenvalue weighted by Crippen LogP contribution is 2.27. The first-order valence-corrected chi connectivity index (χ1v) is 8.00. The molecular weight excluding hydrogens is 284 g/mol. The molecule has 1 aromatic rings. The Balaban J connectivity index is 2.13. The Hall–Kier alpha value is -1.26. The van der Waals surface area contributed by atoms with E-state index in [4.69, 9.17) is 17.3 Å². The van der Waals surface area contributed by atoms with E-state index in [1.807, 2.05) is 18.2 Å². The molecule has 0 aliphatic carbocycles. The Morgan fingerprint density at radius 2 is 2.10 bits per heavy atom. The second kappa shape index (κ2) is 7.66. The molecule has 0 saturated carbocycles. The highest BCUT2D eigenvalue weighted by Gasteiger charge is 2.23. The van der Waals surface area contributed by atoms with Crippen molar-refractivity contribution in [2.45, 2.75) is 38.8 Å². The minimum absolute atomic E-state index is 0.249. The Morgan fingerprint density at radius 3 is 2.71 bits per heavy atom. The van der Waals surface area contributed by atoms with Gasteiger partial charge in [0, 0.05) is 11.1 Å². The van der Waals surface area contributed by atoms with Crippen LogP contribution in [0.2, 0.25) is 5.02 Å². The summed E-state index contributed by atoms with van der Waals surface area (Å²) < 4.78 is 0. The molecule has 1 aliphatic heterocycles. The van der Waals surface area contributed by atoms with Crippen LogP contribution in [-0.2, 0) is 0 Å². The molecule has 1 saturated heterocycles. The smallest absolute Gasteiger partial charge is 0.188 e. The maximum atomic E-state index is 6.14. The van der Waals surface area contributed by atoms with Crippen LogP contribution in [-0.4, -0.2) is 36.5 Å². The van der Waals surface area contributed by atoms with E-state index in [1.165, 1.54) is 18.4 Å². The summed E-state index contributed by atoms with van der Waals surface area (Å²) in [4.78, 5) is 6.98. The van der Waals surface area contributed by atoms with Gasteiger partial charge < -0.3 is 11.1 Å². The monoisotopic (exact) mass is 308 g/mol. The van der Waals surface area contributed by atoms with Crippen LogP contribution < -0.4 is 11.1 Å². The number of nitrogens with zero attached hydrogens (tertiary/aromatic N) is 2. The van der Waals surface area contributed by atoms with E-state index < -0.39 is 0 Å². The van der Waals surface area contributed by atoms with Gasteiger partial charge >= 0.3 is 0 Å². The third-order valence-corrected chi connectivity index (χ3v) is 3.92. The van der Waals surface area contributed by atoms with Gasteiger partial charge in [-0.25, -0.2) is 0 Å². The molecule has 0 amide bonds. The fraction of sp³-hybridized carbons (Fsp3) is 0.562. The molecule has 0 bridgehead atoms. The number of nitrogens with two attached hydrogens (primary N) is 1. The van der Waals surface area contributed by atoms with Crippen molar-refractivity contribution in [3.05, 3.63) is 34.9 Å². The van der Waals surface area contributed by atoms with Gasteiger partial charge in [0.25, 0.3) is 0 Å². The van der Waals surface area contributed by atoms with Crippen LogP contribution in [0.5, 0.6) is 0 Å². The molecule has 21 heavy (non-hydrogen) atoms. The third kappa shape index (κ3) is 4.90. The summed E-state index contributed by atoms with van der Waals surface area (Å²) in [7, 11) is 0. The Morgan fingerprint density at radius 1 is 1.38 bits per heavy atom. The van der Waals surface area contributed by atoms with Gasteiger partial charge in [0.05, 0.1) is 12.6 Å². The fourth-order valence-electron chi connectivity index (χ4n) is 2.73. The van der Waals surface area contributed by atoms with E-state index in [9.17, 15) is 0 Å². The zero-order chi connectivity index (χ0) is 15.2. The van der Waals surface area contributed by atoms with Crippen molar-refractivity contribution in [1.29, 1.82) is 0 Å². The molecule has 116 valence electrons. The first-order valence-electron chi connectivity index (χ1n) is 7.62.